The molecule has 2 aromatic rings. The number of hydrogen-bond acceptors (Lipinski definition) is 3. The third kappa shape index (κ3) is 2.37. The molecule has 0 saturated heterocycles. The van der Waals surface area contributed by atoms with Crippen molar-refractivity contribution in [2.24, 2.45) is 7.05 Å². The van der Waals surface area contributed by atoms with E-state index < -0.39 is 0 Å². The molecular weight excluding hydrogens is 249 g/mol. The van der Waals surface area contributed by atoms with Crippen LogP contribution in [0.2, 0.25) is 10.4 Å². The summed E-state index contributed by atoms with van der Waals surface area (Å²) in [5.41, 5.74) is 1.88. The van der Waals surface area contributed by atoms with Gasteiger partial charge < -0.3 is 9.88 Å². The van der Waals surface area contributed by atoms with Gasteiger partial charge in [0, 0.05) is 32.0 Å². The van der Waals surface area contributed by atoms with E-state index in [2.05, 4.69) is 20.5 Å². The van der Waals surface area contributed by atoms with Crippen molar-refractivity contribution in [1.82, 2.24) is 25.1 Å². The SMILES string of the molecule is Cn1c(Cl)nc(Cl)c1CNCc1ccn[nH]1. The topological polar surface area (TPSA) is 58.5 Å². The normalized spacial score (nSPS) is 10.9. The van der Waals surface area contributed by atoms with Crippen molar-refractivity contribution >= 4 is 23.2 Å². The first kappa shape index (κ1) is 11.4. The number of H-pyrrole nitrogens is 1. The second kappa shape index (κ2) is 4.86. The van der Waals surface area contributed by atoms with E-state index in [9.17, 15) is 0 Å². The van der Waals surface area contributed by atoms with Crippen molar-refractivity contribution in [2.45, 2.75) is 13.1 Å². The van der Waals surface area contributed by atoms with Gasteiger partial charge in [0.1, 0.15) is 0 Å². The number of hydrogen-bond donors (Lipinski definition) is 2. The standard InChI is InChI=1S/C9H11Cl2N5/c1-16-7(8(10)14-9(16)11)5-12-4-6-2-3-13-15-6/h2-3,12H,4-5H2,1H3,(H,13,15). The van der Waals surface area contributed by atoms with Gasteiger partial charge in [-0.05, 0) is 17.7 Å². The van der Waals surface area contributed by atoms with Gasteiger partial charge in [-0.25, -0.2) is 4.98 Å². The molecule has 0 aromatic carbocycles. The van der Waals surface area contributed by atoms with Gasteiger partial charge in [-0.3, -0.25) is 5.10 Å². The Morgan fingerprint density at radius 2 is 2.25 bits per heavy atom. The van der Waals surface area contributed by atoms with Crippen molar-refractivity contribution in [2.75, 3.05) is 0 Å². The van der Waals surface area contributed by atoms with Crippen LogP contribution in [-0.2, 0) is 20.1 Å². The fraction of sp³-hybridized carbons (Fsp3) is 0.333. The fourth-order valence-corrected chi connectivity index (χ4v) is 1.86. The van der Waals surface area contributed by atoms with E-state index in [4.69, 9.17) is 23.2 Å². The van der Waals surface area contributed by atoms with Gasteiger partial charge in [0.15, 0.2) is 5.15 Å². The monoisotopic (exact) mass is 259 g/mol. The van der Waals surface area contributed by atoms with Crippen LogP contribution in [0, 0.1) is 0 Å². The number of nitrogens with one attached hydrogen (secondary N) is 2. The summed E-state index contributed by atoms with van der Waals surface area (Å²) < 4.78 is 1.75. The highest BCUT2D eigenvalue weighted by Crippen LogP contribution is 2.18. The third-order valence-electron chi connectivity index (χ3n) is 2.28. The Bertz CT molecular complexity index is 462. The summed E-state index contributed by atoms with van der Waals surface area (Å²) in [5, 5.41) is 10.8. The predicted octanol–water partition coefficient (Wildman–Crippen LogP) is 1.74. The number of rotatable bonds is 4. The summed E-state index contributed by atoms with van der Waals surface area (Å²) in [5.74, 6) is 0. The molecule has 86 valence electrons. The Morgan fingerprint density at radius 3 is 2.81 bits per heavy atom. The molecule has 0 unspecified atom stereocenters. The third-order valence-corrected chi connectivity index (χ3v) is 2.92. The Morgan fingerprint density at radius 1 is 1.44 bits per heavy atom. The van der Waals surface area contributed by atoms with Crippen LogP contribution >= 0.6 is 23.2 Å². The van der Waals surface area contributed by atoms with Crippen molar-refractivity contribution in [3.05, 3.63) is 34.1 Å². The fourth-order valence-electron chi connectivity index (χ4n) is 1.36. The van der Waals surface area contributed by atoms with Crippen LogP contribution in [0.15, 0.2) is 12.3 Å². The lowest BCUT2D eigenvalue weighted by molar-refractivity contribution is 0.644. The smallest absolute Gasteiger partial charge is 0.204 e. The highest BCUT2D eigenvalue weighted by molar-refractivity contribution is 6.32. The highest BCUT2D eigenvalue weighted by atomic mass is 35.5. The molecule has 0 atom stereocenters. The van der Waals surface area contributed by atoms with Crippen molar-refractivity contribution in [3.8, 4) is 0 Å². The molecule has 0 aliphatic rings. The van der Waals surface area contributed by atoms with Gasteiger partial charge in [-0.1, -0.05) is 11.6 Å². The van der Waals surface area contributed by atoms with E-state index in [0.29, 0.717) is 23.5 Å². The van der Waals surface area contributed by atoms with Gasteiger partial charge >= 0.3 is 0 Å². The maximum Gasteiger partial charge on any atom is 0.204 e. The Labute approximate surface area is 103 Å². The number of aromatic nitrogens is 4. The molecule has 0 amide bonds. The molecule has 2 N–H and O–H groups in total. The maximum atomic E-state index is 5.93. The van der Waals surface area contributed by atoms with Crippen LogP contribution in [0.3, 0.4) is 0 Å². The lowest BCUT2D eigenvalue weighted by atomic mass is 10.4. The quantitative estimate of drug-likeness (QED) is 0.880. The van der Waals surface area contributed by atoms with Gasteiger partial charge in [0.05, 0.1) is 5.69 Å². The largest absolute Gasteiger partial charge is 0.319 e. The second-order valence-corrected chi connectivity index (χ2v) is 4.06. The van der Waals surface area contributed by atoms with Crippen molar-refractivity contribution in [1.29, 1.82) is 0 Å². The Kier molecular flexibility index (Phi) is 3.48. The van der Waals surface area contributed by atoms with Crippen LogP contribution in [0.1, 0.15) is 11.4 Å². The summed E-state index contributed by atoms with van der Waals surface area (Å²) >= 11 is 11.8. The molecule has 2 heterocycles. The van der Waals surface area contributed by atoms with E-state index in [1.54, 1.807) is 10.8 Å². The van der Waals surface area contributed by atoms with E-state index >= 15 is 0 Å². The Balaban J connectivity index is 1.95. The first-order chi connectivity index (χ1) is 7.68. The highest BCUT2D eigenvalue weighted by Gasteiger charge is 2.10. The van der Waals surface area contributed by atoms with Crippen molar-refractivity contribution < 1.29 is 0 Å². The average molecular weight is 260 g/mol. The molecule has 16 heavy (non-hydrogen) atoms. The lowest BCUT2D eigenvalue weighted by Crippen LogP contribution is -2.15. The summed E-state index contributed by atoms with van der Waals surface area (Å²) in [6, 6.07) is 1.91. The van der Waals surface area contributed by atoms with Gasteiger partial charge in [-0.2, -0.15) is 5.10 Å². The minimum absolute atomic E-state index is 0.392. The zero-order valence-electron chi connectivity index (χ0n) is 8.67. The Hall–Kier alpha value is -1.04. The summed E-state index contributed by atoms with van der Waals surface area (Å²) in [6.07, 6.45) is 1.71. The maximum absolute atomic E-state index is 5.93. The van der Waals surface area contributed by atoms with E-state index in [1.807, 2.05) is 13.1 Å². The summed E-state index contributed by atoms with van der Waals surface area (Å²) in [4.78, 5) is 3.96. The molecule has 5 nitrogen and oxygen atoms in total. The number of imidazole rings is 1. The van der Waals surface area contributed by atoms with E-state index in [0.717, 1.165) is 11.4 Å². The molecule has 0 aliphatic carbocycles. The van der Waals surface area contributed by atoms with Crippen LogP contribution in [-0.4, -0.2) is 19.7 Å². The van der Waals surface area contributed by atoms with Gasteiger partial charge in [0.25, 0.3) is 0 Å². The molecule has 0 fully saturated rings. The number of nitrogens with zero attached hydrogens (tertiary/aromatic N) is 3. The van der Waals surface area contributed by atoms with Crippen molar-refractivity contribution in [3.63, 3.8) is 0 Å². The molecule has 0 spiro atoms. The molecule has 2 aromatic heterocycles. The summed E-state index contributed by atoms with van der Waals surface area (Å²) in [6.45, 7) is 1.30. The van der Waals surface area contributed by atoms with Gasteiger partial charge in [-0.15, -0.1) is 0 Å². The number of halogens is 2. The van der Waals surface area contributed by atoms with E-state index in [-0.39, 0.29) is 0 Å². The first-order valence-corrected chi connectivity index (χ1v) is 5.49. The van der Waals surface area contributed by atoms with Gasteiger partial charge in [0.2, 0.25) is 5.28 Å². The minimum Gasteiger partial charge on any atom is -0.319 e. The van der Waals surface area contributed by atoms with E-state index in [1.165, 1.54) is 0 Å². The molecule has 2 rings (SSSR count). The molecule has 7 heteroatoms. The molecule has 0 aliphatic heterocycles. The predicted molar refractivity (Wildman–Crippen MR) is 62.4 cm³/mol. The molecule has 0 radical (unpaired) electrons. The molecule has 0 saturated carbocycles. The second-order valence-electron chi connectivity index (χ2n) is 3.36. The van der Waals surface area contributed by atoms with Crippen LogP contribution < -0.4 is 5.32 Å². The average Bonchev–Trinajstić information content (AvgIpc) is 2.82. The molecule has 0 bridgehead atoms. The first-order valence-electron chi connectivity index (χ1n) is 4.74. The zero-order chi connectivity index (χ0) is 11.5. The number of aromatic amines is 1. The minimum atomic E-state index is 0.392. The zero-order valence-corrected chi connectivity index (χ0v) is 10.2. The van der Waals surface area contributed by atoms with Crippen LogP contribution in [0.5, 0.6) is 0 Å². The summed E-state index contributed by atoms with van der Waals surface area (Å²) in [7, 11) is 1.83. The lowest BCUT2D eigenvalue weighted by Gasteiger charge is -2.04. The van der Waals surface area contributed by atoms with Crippen LogP contribution in [0.4, 0.5) is 0 Å². The van der Waals surface area contributed by atoms with Crippen LogP contribution in [0.25, 0.3) is 0 Å². The molecular formula is C9H11Cl2N5.